The molecule has 5 heteroatoms. The molecular weight excluding hydrogens is 267 g/mol. The maximum absolute atomic E-state index is 14.1. The molecule has 19 heavy (non-hydrogen) atoms. The number of piperidine rings is 1. The summed E-state index contributed by atoms with van der Waals surface area (Å²) in [7, 11) is 0. The Bertz CT molecular complexity index is 481. The molecule has 2 unspecified atom stereocenters. The van der Waals surface area contributed by atoms with E-state index < -0.39 is 11.9 Å². The van der Waals surface area contributed by atoms with Crippen LogP contribution >= 0.6 is 11.6 Å². The van der Waals surface area contributed by atoms with E-state index in [0.717, 1.165) is 6.42 Å². The fourth-order valence-corrected chi connectivity index (χ4v) is 2.78. The lowest BCUT2D eigenvalue weighted by Gasteiger charge is -2.40. The van der Waals surface area contributed by atoms with Crippen LogP contribution < -0.4 is 5.73 Å². The first-order valence-electron chi connectivity index (χ1n) is 6.54. The fraction of sp³-hybridized carbons (Fsp3) is 0.500. The van der Waals surface area contributed by atoms with Gasteiger partial charge in [-0.15, -0.1) is 0 Å². The number of nitrogens with two attached hydrogens (primary N) is 1. The van der Waals surface area contributed by atoms with Gasteiger partial charge in [0.05, 0.1) is 6.04 Å². The number of likely N-dealkylation sites (tertiary alicyclic amines) is 1. The summed E-state index contributed by atoms with van der Waals surface area (Å²) < 4.78 is 14.1. The standard InChI is InChI=1S/C14H18ClFN2O/c1-2-7-18-13(19)6-5-12(17)14(18)10-4-3-9(15)8-11(10)16/h3-4,8,12,14H,2,5-7,17H2,1H3. The smallest absolute Gasteiger partial charge is 0.223 e. The van der Waals surface area contributed by atoms with Gasteiger partial charge in [-0.05, 0) is 25.0 Å². The third-order valence-corrected chi connectivity index (χ3v) is 3.73. The van der Waals surface area contributed by atoms with E-state index in [1.165, 1.54) is 6.07 Å². The van der Waals surface area contributed by atoms with E-state index in [-0.39, 0.29) is 11.9 Å². The molecule has 0 radical (unpaired) electrons. The largest absolute Gasteiger partial charge is 0.334 e. The molecule has 1 saturated heterocycles. The normalized spacial score (nSPS) is 23.8. The van der Waals surface area contributed by atoms with Crippen molar-refractivity contribution in [1.29, 1.82) is 0 Å². The highest BCUT2D eigenvalue weighted by Crippen LogP contribution is 2.33. The Balaban J connectivity index is 2.39. The average Bonchev–Trinajstić information content (AvgIpc) is 2.36. The van der Waals surface area contributed by atoms with Crippen molar-refractivity contribution in [1.82, 2.24) is 4.90 Å². The molecule has 2 N–H and O–H groups in total. The third kappa shape index (κ3) is 2.90. The van der Waals surface area contributed by atoms with E-state index in [2.05, 4.69) is 0 Å². The van der Waals surface area contributed by atoms with Gasteiger partial charge in [-0.3, -0.25) is 4.79 Å². The van der Waals surface area contributed by atoms with Crippen LogP contribution in [0.3, 0.4) is 0 Å². The Labute approximate surface area is 117 Å². The zero-order valence-corrected chi connectivity index (χ0v) is 11.7. The molecule has 1 aromatic carbocycles. The molecule has 0 aromatic heterocycles. The van der Waals surface area contributed by atoms with Gasteiger partial charge in [0.25, 0.3) is 0 Å². The molecule has 1 aliphatic heterocycles. The number of halogens is 2. The Morgan fingerprint density at radius 3 is 2.89 bits per heavy atom. The summed E-state index contributed by atoms with van der Waals surface area (Å²) in [4.78, 5) is 13.7. The molecule has 1 amide bonds. The van der Waals surface area contributed by atoms with Crippen molar-refractivity contribution in [3.05, 3.63) is 34.6 Å². The minimum Gasteiger partial charge on any atom is -0.334 e. The van der Waals surface area contributed by atoms with Crippen LogP contribution in [0.4, 0.5) is 4.39 Å². The van der Waals surface area contributed by atoms with Crippen molar-refractivity contribution in [3.63, 3.8) is 0 Å². The van der Waals surface area contributed by atoms with Crippen molar-refractivity contribution in [3.8, 4) is 0 Å². The average molecular weight is 285 g/mol. The summed E-state index contributed by atoms with van der Waals surface area (Å²) in [5, 5.41) is 0.346. The van der Waals surface area contributed by atoms with Gasteiger partial charge in [-0.2, -0.15) is 0 Å². The second kappa shape index (κ2) is 5.88. The van der Waals surface area contributed by atoms with E-state index in [9.17, 15) is 9.18 Å². The van der Waals surface area contributed by atoms with E-state index in [1.54, 1.807) is 17.0 Å². The number of nitrogens with zero attached hydrogens (tertiary/aromatic N) is 1. The predicted molar refractivity (Wildman–Crippen MR) is 73.4 cm³/mol. The molecular formula is C14H18ClFN2O. The first-order chi connectivity index (χ1) is 9.04. The predicted octanol–water partition coefficient (Wildman–Crippen LogP) is 2.88. The van der Waals surface area contributed by atoms with Crippen LogP contribution in [0.2, 0.25) is 5.02 Å². The first-order valence-corrected chi connectivity index (χ1v) is 6.92. The molecule has 1 fully saturated rings. The second-order valence-corrected chi connectivity index (χ2v) is 5.34. The molecule has 0 bridgehead atoms. The van der Waals surface area contributed by atoms with Crippen molar-refractivity contribution in [2.24, 2.45) is 5.73 Å². The van der Waals surface area contributed by atoms with Crippen molar-refractivity contribution in [2.45, 2.75) is 38.3 Å². The van der Waals surface area contributed by atoms with Gasteiger partial charge in [0.15, 0.2) is 0 Å². The van der Waals surface area contributed by atoms with Gasteiger partial charge < -0.3 is 10.6 Å². The van der Waals surface area contributed by atoms with E-state index in [1.807, 2.05) is 6.92 Å². The number of carbonyl (C=O) groups is 1. The zero-order chi connectivity index (χ0) is 14.0. The van der Waals surface area contributed by atoms with Crippen LogP contribution in [0.1, 0.15) is 37.8 Å². The van der Waals surface area contributed by atoms with Gasteiger partial charge in [0, 0.05) is 29.6 Å². The molecule has 3 nitrogen and oxygen atoms in total. The highest BCUT2D eigenvalue weighted by atomic mass is 35.5. The Kier molecular flexibility index (Phi) is 4.42. The van der Waals surface area contributed by atoms with Crippen molar-refractivity contribution >= 4 is 17.5 Å². The lowest BCUT2D eigenvalue weighted by Crippen LogP contribution is -2.49. The quantitative estimate of drug-likeness (QED) is 0.928. The number of amides is 1. The van der Waals surface area contributed by atoms with Crippen LogP contribution in [-0.2, 0) is 4.79 Å². The van der Waals surface area contributed by atoms with Crippen molar-refractivity contribution < 1.29 is 9.18 Å². The highest BCUT2D eigenvalue weighted by molar-refractivity contribution is 6.30. The summed E-state index contributed by atoms with van der Waals surface area (Å²) >= 11 is 5.77. The number of benzene rings is 1. The Morgan fingerprint density at radius 1 is 1.53 bits per heavy atom. The summed E-state index contributed by atoms with van der Waals surface area (Å²) in [6.07, 6.45) is 1.85. The second-order valence-electron chi connectivity index (χ2n) is 4.90. The van der Waals surface area contributed by atoms with Crippen LogP contribution in [0.15, 0.2) is 18.2 Å². The van der Waals surface area contributed by atoms with Gasteiger partial charge in [0.1, 0.15) is 5.82 Å². The summed E-state index contributed by atoms with van der Waals surface area (Å²) in [6.45, 7) is 2.59. The zero-order valence-electron chi connectivity index (χ0n) is 10.9. The summed E-state index contributed by atoms with van der Waals surface area (Å²) in [6, 6.07) is 3.91. The maximum Gasteiger partial charge on any atom is 0.223 e. The molecule has 0 saturated carbocycles. The first kappa shape index (κ1) is 14.3. The van der Waals surface area contributed by atoms with Crippen molar-refractivity contribution in [2.75, 3.05) is 6.54 Å². The van der Waals surface area contributed by atoms with Gasteiger partial charge >= 0.3 is 0 Å². The van der Waals surface area contributed by atoms with Crippen LogP contribution in [0.25, 0.3) is 0 Å². The lowest BCUT2D eigenvalue weighted by atomic mass is 9.90. The number of rotatable bonds is 3. The van der Waals surface area contributed by atoms with Gasteiger partial charge in [-0.25, -0.2) is 4.39 Å². The number of carbonyl (C=O) groups excluding carboxylic acids is 1. The SMILES string of the molecule is CCCN1C(=O)CCC(N)C1c1ccc(Cl)cc1F. The monoisotopic (exact) mass is 284 g/mol. The highest BCUT2D eigenvalue weighted by Gasteiger charge is 2.35. The van der Waals surface area contributed by atoms with Gasteiger partial charge in [0.2, 0.25) is 5.91 Å². The topological polar surface area (TPSA) is 46.3 Å². The summed E-state index contributed by atoms with van der Waals surface area (Å²) in [5.74, 6) is -0.355. The lowest BCUT2D eigenvalue weighted by molar-refractivity contribution is -0.137. The minimum atomic E-state index is -0.399. The van der Waals surface area contributed by atoms with Crippen LogP contribution in [-0.4, -0.2) is 23.4 Å². The van der Waals surface area contributed by atoms with Gasteiger partial charge in [-0.1, -0.05) is 24.6 Å². The molecule has 104 valence electrons. The molecule has 0 spiro atoms. The molecule has 0 aliphatic carbocycles. The number of hydrogen-bond donors (Lipinski definition) is 1. The van der Waals surface area contributed by atoms with Crippen LogP contribution in [0.5, 0.6) is 0 Å². The van der Waals surface area contributed by atoms with E-state index >= 15 is 0 Å². The molecule has 2 atom stereocenters. The molecule has 1 heterocycles. The molecule has 2 rings (SSSR count). The minimum absolute atomic E-state index is 0.0444. The fourth-order valence-electron chi connectivity index (χ4n) is 2.62. The van der Waals surface area contributed by atoms with Crippen LogP contribution in [0, 0.1) is 5.82 Å². The molecule has 1 aromatic rings. The van der Waals surface area contributed by atoms with E-state index in [0.29, 0.717) is 30.0 Å². The maximum atomic E-state index is 14.1. The Morgan fingerprint density at radius 2 is 2.26 bits per heavy atom. The van der Waals surface area contributed by atoms with E-state index in [4.69, 9.17) is 17.3 Å². The molecule has 1 aliphatic rings. The summed E-state index contributed by atoms with van der Waals surface area (Å²) in [5.41, 5.74) is 6.56. The number of hydrogen-bond acceptors (Lipinski definition) is 2. The Hall–Kier alpha value is -1.13. The third-order valence-electron chi connectivity index (χ3n) is 3.50.